The molecule has 2 heterocycles. The third-order valence-electron chi connectivity index (χ3n) is 3.21. The summed E-state index contributed by atoms with van der Waals surface area (Å²) in [5.74, 6) is 0.390. The van der Waals surface area contributed by atoms with E-state index in [0.29, 0.717) is 5.92 Å². The first-order chi connectivity index (χ1) is 7.79. The van der Waals surface area contributed by atoms with E-state index in [2.05, 4.69) is 33.8 Å². The van der Waals surface area contributed by atoms with Crippen LogP contribution in [0, 0.1) is 5.92 Å². The number of likely N-dealkylation sites (tertiary alicyclic amines) is 1. The second kappa shape index (κ2) is 5.46. The molecule has 1 aliphatic heterocycles. The Kier molecular flexibility index (Phi) is 3.96. The van der Waals surface area contributed by atoms with Gasteiger partial charge in [-0.3, -0.25) is 0 Å². The fourth-order valence-corrected chi connectivity index (χ4v) is 2.88. The maximum absolute atomic E-state index is 8.80. The summed E-state index contributed by atoms with van der Waals surface area (Å²) in [7, 11) is 0. The minimum absolute atomic E-state index is 0.390. The van der Waals surface area contributed by atoms with Crippen LogP contribution in [0.15, 0.2) is 22.0 Å². The Morgan fingerprint density at radius 1 is 1.62 bits per heavy atom. The lowest BCUT2D eigenvalue weighted by Crippen LogP contribution is -2.40. The summed E-state index contributed by atoms with van der Waals surface area (Å²) in [4.78, 5) is 2.46. The van der Waals surface area contributed by atoms with Crippen LogP contribution < -0.4 is 0 Å². The van der Waals surface area contributed by atoms with Crippen molar-refractivity contribution < 1.29 is 5.21 Å². The SMILES string of the molecule is CC1CN(CCc2ccsc2)CC/C1=N\O. The molecule has 1 aromatic rings. The van der Waals surface area contributed by atoms with Crippen molar-refractivity contribution in [1.29, 1.82) is 0 Å². The standard InChI is InChI=1S/C12H18N2OS/c1-10-8-14(6-3-12(10)13-15)5-2-11-4-7-16-9-11/h4,7,9-10,15H,2-3,5-6,8H2,1H3/b13-12+. The summed E-state index contributed by atoms with van der Waals surface area (Å²) in [6.07, 6.45) is 2.03. The number of hydrogen-bond acceptors (Lipinski definition) is 4. The van der Waals surface area contributed by atoms with Crippen LogP contribution in [0.3, 0.4) is 0 Å². The van der Waals surface area contributed by atoms with Crippen molar-refractivity contribution in [3.63, 3.8) is 0 Å². The van der Waals surface area contributed by atoms with Crippen molar-refractivity contribution >= 4 is 17.0 Å². The van der Waals surface area contributed by atoms with E-state index in [0.717, 1.165) is 38.2 Å². The predicted molar refractivity (Wildman–Crippen MR) is 67.5 cm³/mol. The molecule has 0 bridgehead atoms. The van der Waals surface area contributed by atoms with Crippen molar-refractivity contribution in [1.82, 2.24) is 4.90 Å². The van der Waals surface area contributed by atoms with E-state index in [1.54, 1.807) is 11.3 Å². The molecule has 88 valence electrons. The fraction of sp³-hybridized carbons (Fsp3) is 0.583. The maximum Gasteiger partial charge on any atom is 0.0624 e. The molecule has 1 fully saturated rings. The van der Waals surface area contributed by atoms with Crippen LogP contribution in [0.2, 0.25) is 0 Å². The third-order valence-corrected chi connectivity index (χ3v) is 3.94. The average Bonchev–Trinajstić information content (AvgIpc) is 2.79. The maximum atomic E-state index is 8.80. The molecule has 1 aliphatic rings. The molecule has 1 N–H and O–H groups in total. The zero-order valence-corrected chi connectivity index (χ0v) is 10.4. The highest BCUT2D eigenvalue weighted by atomic mass is 32.1. The van der Waals surface area contributed by atoms with E-state index in [-0.39, 0.29) is 0 Å². The van der Waals surface area contributed by atoms with Gasteiger partial charge in [0.15, 0.2) is 0 Å². The third kappa shape index (κ3) is 2.83. The number of thiophene rings is 1. The molecule has 0 radical (unpaired) electrons. The van der Waals surface area contributed by atoms with Crippen LogP contribution >= 0.6 is 11.3 Å². The zero-order chi connectivity index (χ0) is 11.4. The van der Waals surface area contributed by atoms with Gasteiger partial charge in [0.25, 0.3) is 0 Å². The lowest BCUT2D eigenvalue weighted by molar-refractivity contribution is 0.238. The topological polar surface area (TPSA) is 35.8 Å². The molecular weight excluding hydrogens is 220 g/mol. The summed E-state index contributed by atoms with van der Waals surface area (Å²) in [5.41, 5.74) is 2.38. The zero-order valence-electron chi connectivity index (χ0n) is 9.59. The Morgan fingerprint density at radius 2 is 2.50 bits per heavy atom. The number of piperidine rings is 1. The first-order valence-electron chi connectivity index (χ1n) is 5.74. The van der Waals surface area contributed by atoms with Crippen LogP contribution in [0.1, 0.15) is 18.9 Å². The minimum Gasteiger partial charge on any atom is -0.411 e. The van der Waals surface area contributed by atoms with Gasteiger partial charge >= 0.3 is 0 Å². The molecule has 0 spiro atoms. The first-order valence-corrected chi connectivity index (χ1v) is 6.68. The van der Waals surface area contributed by atoms with Gasteiger partial charge in [-0.25, -0.2) is 0 Å². The molecule has 0 aromatic carbocycles. The summed E-state index contributed by atoms with van der Waals surface area (Å²) < 4.78 is 0. The Balaban J connectivity index is 1.80. The van der Waals surface area contributed by atoms with E-state index in [1.165, 1.54) is 5.56 Å². The molecule has 1 aromatic heterocycles. The molecule has 4 heteroatoms. The van der Waals surface area contributed by atoms with Gasteiger partial charge in [0.2, 0.25) is 0 Å². The Bertz CT molecular complexity index is 348. The van der Waals surface area contributed by atoms with Crippen LogP contribution in [0.25, 0.3) is 0 Å². The van der Waals surface area contributed by atoms with Crippen LogP contribution in [0.4, 0.5) is 0 Å². The Hall–Kier alpha value is -0.870. The van der Waals surface area contributed by atoms with E-state index in [1.807, 2.05) is 0 Å². The number of hydrogen-bond donors (Lipinski definition) is 1. The second-order valence-electron chi connectivity index (χ2n) is 4.42. The normalized spacial score (nSPS) is 25.1. The first kappa shape index (κ1) is 11.6. The molecule has 0 amide bonds. The van der Waals surface area contributed by atoms with Crippen LogP contribution in [-0.4, -0.2) is 35.5 Å². The fourth-order valence-electron chi connectivity index (χ4n) is 2.18. The van der Waals surface area contributed by atoms with Gasteiger partial charge in [-0.1, -0.05) is 12.1 Å². The van der Waals surface area contributed by atoms with E-state index >= 15 is 0 Å². The smallest absolute Gasteiger partial charge is 0.0624 e. The van der Waals surface area contributed by atoms with Gasteiger partial charge < -0.3 is 10.1 Å². The molecule has 16 heavy (non-hydrogen) atoms. The average molecular weight is 238 g/mol. The Morgan fingerprint density at radius 3 is 3.12 bits per heavy atom. The van der Waals surface area contributed by atoms with Crippen molar-refractivity contribution in [3.05, 3.63) is 22.4 Å². The van der Waals surface area contributed by atoms with Crippen molar-refractivity contribution in [2.45, 2.75) is 19.8 Å². The molecule has 1 atom stereocenters. The second-order valence-corrected chi connectivity index (χ2v) is 5.20. The van der Waals surface area contributed by atoms with E-state index in [4.69, 9.17) is 5.21 Å². The van der Waals surface area contributed by atoms with E-state index < -0.39 is 0 Å². The highest BCUT2D eigenvalue weighted by Gasteiger charge is 2.21. The molecular formula is C12H18N2OS. The molecule has 0 aliphatic carbocycles. The quantitative estimate of drug-likeness (QED) is 0.648. The highest BCUT2D eigenvalue weighted by molar-refractivity contribution is 7.07. The summed E-state index contributed by atoms with van der Waals surface area (Å²) in [6, 6.07) is 2.19. The molecule has 0 saturated carbocycles. The molecule has 3 nitrogen and oxygen atoms in total. The number of nitrogens with zero attached hydrogens (tertiary/aromatic N) is 2. The largest absolute Gasteiger partial charge is 0.411 e. The lowest BCUT2D eigenvalue weighted by Gasteiger charge is -2.31. The lowest BCUT2D eigenvalue weighted by atomic mass is 9.97. The highest BCUT2D eigenvalue weighted by Crippen LogP contribution is 2.15. The number of oxime groups is 1. The van der Waals surface area contributed by atoms with Gasteiger partial charge in [-0.05, 0) is 28.8 Å². The summed E-state index contributed by atoms with van der Waals surface area (Å²) in [6.45, 7) is 5.28. The molecule has 1 saturated heterocycles. The van der Waals surface area contributed by atoms with Gasteiger partial charge in [-0.2, -0.15) is 11.3 Å². The van der Waals surface area contributed by atoms with Gasteiger partial charge in [0, 0.05) is 32.0 Å². The van der Waals surface area contributed by atoms with Crippen LogP contribution in [0.5, 0.6) is 0 Å². The van der Waals surface area contributed by atoms with E-state index in [9.17, 15) is 0 Å². The van der Waals surface area contributed by atoms with Crippen molar-refractivity contribution in [2.24, 2.45) is 11.1 Å². The summed E-state index contributed by atoms with van der Waals surface area (Å²) in [5, 5.41) is 16.5. The van der Waals surface area contributed by atoms with Gasteiger partial charge in [0.1, 0.15) is 0 Å². The molecule has 2 rings (SSSR count). The predicted octanol–water partition coefficient (Wildman–Crippen LogP) is 2.46. The molecule has 1 unspecified atom stereocenters. The van der Waals surface area contributed by atoms with Crippen LogP contribution in [-0.2, 0) is 6.42 Å². The minimum atomic E-state index is 0.390. The van der Waals surface area contributed by atoms with Gasteiger partial charge in [0.05, 0.1) is 5.71 Å². The summed E-state index contributed by atoms with van der Waals surface area (Å²) >= 11 is 1.76. The van der Waals surface area contributed by atoms with Crippen molar-refractivity contribution in [2.75, 3.05) is 19.6 Å². The monoisotopic (exact) mass is 238 g/mol. The van der Waals surface area contributed by atoms with Crippen molar-refractivity contribution in [3.8, 4) is 0 Å². The van der Waals surface area contributed by atoms with Gasteiger partial charge in [-0.15, -0.1) is 0 Å². The Labute approximate surface area is 100 Å². The number of rotatable bonds is 3.